The molecule has 0 saturated carbocycles. The van der Waals surface area contributed by atoms with Crippen LogP contribution in [0.4, 0.5) is 5.69 Å². The van der Waals surface area contributed by atoms with Gasteiger partial charge in [-0.2, -0.15) is 0 Å². The molecule has 6 heteroatoms. The summed E-state index contributed by atoms with van der Waals surface area (Å²) < 4.78 is 38.7. The molecular weight excluding hydrogens is 318 g/mol. The third-order valence-corrected chi connectivity index (χ3v) is 5.59. The highest BCUT2D eigenvalue weighted by molar-refractivity contribution is 7.92. The summed E-state index contributed by atoms with van der Waals surface area (Å²) in [7, 11) is -4.80. The topological polar surface area (TPSA) is 63.2 Å². The van der Waals surface area contributed by atoms with Gasteiger partial charge in [0.05, 0.1) is 10.6 Å². The number of rotatable bonds is 5. The van der Waals surface area contributed by atoms with Crippen molar-refractivity contribution in [3.05, 3.63) is 54.1 Å². The predicted octanol–water partition coefficient (Wildman–Crippen LogP) is 3.35. The Kier molecular flexibility index (Phi) is 5.03. The van der Waals surface area contributed by atoms with Gasteiger partial charge in [0, 0.05) is 22.0 Å². The minimum atomic E-state index is -3.65. The summed E-state index contributed by atoms with van der Waals surface area (Å²) in [5.41, 5.74) is 1.49. The van der Waals surface area contributed by atoms with Gasteiger partial charge in [0.25, 0.3) is 10.0 Å². The highest BCUT2D eigenvalue weighted by Crippen LogP contribution is 2.21. The summed E-state index contributed by atoms with van der Waals surface area (Å²) in [5.74, 6) is 0.348. The Labute approximate surface area is 134 Å². The fourth-order valence-corrected chi connectivity index (χ4v) is 3.60. The first-order valence-corrected chi connectivity index (χ1v) is 9.90. The van der Waals surface area contributed by atoms with E-state index in [0.717, 1.165) is 5.56 Å². The Balaban J connectivity index is 2.27. The highest BCUT2D eigenvalue weighted by atomic mass is 32.2. The third kappa shape index (κ3) is 3.96. The molecule has 2 aromatic rings. The van der Waals surface area contributed by atoms with Gasteiger partial charge in [0.15, 0.2) is 0 Å². The molecular formula is C16H19NO3S2. The Morgan fingerprint density at radius 3 is 2.23 bits per heavy atom. The Bertz CT molecular complexity index is 781. The van der Waals surface area contributed by atoms with E-state index in [9.17, 15) is 12.6 Å². The first kappa shape index (κ1) is 16.7. The lowest BCUT2D eigenvalue weighted by molar-refractivity contribution is 0.601. The molecule has 2 rings (SSSR count). The molecule has 0 radical (unpaired) electrons. The predicted molar refractivity (Wildman–Crippen MR) is 90.1 cm³/mol. The van der Waals surface area contributed by atoms with Crippen molar-refractivity contribution in [3.8, 4) is 0 Å². The van der Waals surface area contributed by atoms with Gasteiger partial charge in [-0.25, -0.2) is 8.42 Å². The molecule has 0 spiro atoms. The summed E-state index contributed by atoms with van der Waals surface area (Å²) in [6.45, 7) is 4.11. The quantitative estimate of drug-likeness (QED) is 0.910. The summed E-state index contributed by atoms with van der Waals surface area (Å²) >= 11 is 0. The smallest absolute Gasteiger partial charge is 0.261 e. The van der Waals surface area contributed by atoms with E-state index in [1.807, 2.05) is 12.1 Å². The van der Waals surface area contributed by atoms with Gasteiger partial charge in [0.2, 0.25) is 0 Å². The minimum Gasteiger partial charge on any atom is -0.280 e. The molecule has 0 aliphatic carbocycles. The zero-order valence-electron chi connectivity index (χ0n) is 12.7. The van der Waals surface area contributed by atoms with E-state index in [0.29, 0.717) is 16.5 Å². The monoisotopic (exact) mass is 337 g/mol. The summed E-state index contributed by atoms with van der Waals surface area (Å²) in [4.78, 5) is 0.787. The van der Waals surface area contributed by atoms with Crippen molar-refractivity contribution in [2.24, 2.45) is 0 Å². The molecule has 0 heterocycles. The summed E-state index contributed by atoms with van der Waals surface area (Å²) in [6.07, 6.45) is 1.55. The zero-order valence-corrected chi connectivity index (χ0v) is 14.4. The van der Waals surface area contributed by atoms with Crippen LogP contribution >= 0.6 is 0 Å². The zero-order chi connectivity index (χ0) is 16.3. The fourth-order valence-electron chi connectivity index (χ4n) is 1.98. The molecule has 0 aliphatic heterocycles. The van der Waals surface area contributed by atoms with Gasteiger partial charge in [-0.15, -0.1) is 0 Å². The lowest BCUT2D eigenvalue weighted by Gasteiger charge is -2.10. The highest BCUT2D eigenvalue weighted by Gasteiger charge is 2.15. The maximum absolute atomic E-state index is 12.4. The molecule has 22 heavy (non-hydrogen) atoms. The molecule has 4 nitrogen and oxygen atoms in total. The molecule has 0 bridgehead atoms. The largest absolute Gasteiger partial charge is 0.280 e. The van der Waals surface area contributed by atoms with Gasteiger partial charge < -0.3 is 0 Å². The number of sulfonamides is 1. The minimum absolute atomic E-state index is 0.208. The van der Waals surface area contributed by atoms with E-state index in [2.05, 4.69) is 18.6 Å². The van der Waals surface area contributed by atoms with Gasteiger partial charge in [0.1, 0.15) is 0 Å². The number of benzene rings is 2. The average Bonchev–Trinajstić information content (AvgIpc) is 2.47. The molecule has 2 aromatic carbocycles. The van der Waals surface area contributed by atoms with E-state index in [-0.39, 0.29) is 4.90 Å². The molecule has 0 amide bonds. The van der Waals surface area contributed by atoms with Crippen LogP contribution < -0.4 is 4.72 Å². The second kappa shape index (κ2) is 6.62. The molecule has 118 valence electrons. The number of hydrogen-bond donors (Lipinski definition) is 1. The van der Waals surface area contributed by atoms with Crippen molar-refractivity contribution in [2.45, 2.75) is 29.6 Å². The van der Waals surface area contributed by atoms with Crippen molar-refractivity contribution >= 4 is 26.5 Å². The fraction of sp³-hybridized carbons (Fsp3) is 0.250. The number of anilines is 1. The van der Waals surface area contributed by atoms with Crippen molar-refractivity contribution < 1.29 is 12.6 Å². The molecule has 1 atom stereocenters. The van der Waals surface area contributed by atoms with E-state index in [4.69, 9.17) is 0 Å². The van der Waals surface area contributed by atoms with Crippen molar-refractivity contribution in [2.75, 3.05) is 11.0 Å². The maximum Gasteiger partial charge on any atom is 0.261 e. The van der Waals surface area contributed by atoms with Gasteiger partial charge in [-0.1, -0.05) is 32.0 Å². The van der Waals surface area contributed by atoms with Gasteiger partial charge >= 0.3 is 0 Å². The molecule has 1 N–H and O–H groups in total. The Morgan fingerprint density at radius 2 is 1.68 bits per heavy atom. The van der Waals surface area contributed by atoms with Gasteiger partial charge in [-0.3, -0.25) is 8.93 Å². The van der Waals surface area contributed by atoms with Crippen LogP contribution in [0, 0.1) is 0 Å². The van der Waals surface area contributed by atoms with Crippen LogP contribution in [-0.2, 0) is 20.8 Å². The summed E-state index contributed by atoms with van der Waals surface area (Å²) in [6, 6.07) is 13.4. The van der Waals surface area contributed by atoms with Crippen LogP contribution in [0.2, 0.25) is 0 Å². The van der Waals surface area contributed by atoms with Crippen LogP contribution in [-0.4, -0.2) is 18.9 Å². The van der Waals surface area contributed by atoms with Crippen LogP contribution in [0.25, 0.3) is 0 Å². The molecule has 0 unspecified atom stereocenters. The molecule has 0 aliphatic rings. The van der Waals surface area contributed by atoms with Crippen molar-refractivity contribution in [1.82, 2.24) is 0 Å². The molecule has 0 fully saturated rings. The number of nitrogens with one attached hydrogen (secondary N) is 1. The van der Waals surface area contributed by atoms with E-state index in [1.54, 1.807) is 42.7 Å². The van der Waals surface area contributed by atoms with Crippen molar-refractivity contribution in [1.29, 1.82) is 0 Å². The van der Waals surface area contributed by atoms with E-state index < -0.39 is 20.8 Å². The average molecular weight is 337 g/mol. The Morgan fingerprint density at radius 1 is 1.05 bits per heavy atom. The van der Waals surface area contributed by atoms with Crippen LogP contribution in [0.1, 0.15) is 25.3 Å². The summed E-state index contributed by atoms with van der Waals surface area (Å²) in [5, 5.41) is 0. The van der Waals surface area contributed by atoms with Crippen LogP contribution in [0.5, 0.6) is 0 Å². The second-order valence-corrected chi connectivity index (χ2v) is 8.37. The molecule has 0 saturated heterocycles. The third-order valence-electron chi connectivity index (χ3n) is 3.28. The molecule has 0 aromatic heterocycles. The standard InChI is InChI=1S/C16H19NO3S2/c1-12(2)13-7-9-16(10-8-13)22(19,20)17-14-5-4-6-15(11-14)21(3)18/h4-12,17H,1-3H3/t21-/m1/s1. The lowest BCUT2D eigenvalue weighted by atomic mass is 10.0. The van der Waals surface area contributed by atoms with Crippen LogP contribution in [0.15, 0.2) is 58.3 Å². The maximum atomic E-state index is 12.4. The lowest BCUT2D eigenvalue weighted by Crippen LogP contribution is -2.13. The normalized spacial score (nSPS) is 13.1. The SMILES string of the molecule is CC(C)c1ccc(S(=O)(=O)Nc2cccc([S@@](C)=O)c2)cc1. The van der Waals surface area contributed by atoms with E-state index >= 15 is 0 Å². The van der Waals surface area contributed by atoms with Crippen LogP contribution in [0.3, 0.4) is 0 Å². The first-order chi connectivity index (χ1) is 10.3. The van der Waals surface area contributed by atoms with Crippen molar-refractivity contribution in [3.63, 3.8) is 0 Å². The Hall–Kier alpha value is -1.66. The number of hydrogen-bond acceptors (Lipinski definition) is 3. The first-order valence-electron chi connectivity index (χ1n) is 6.86. The second-order valence-electron chi connectivity index (χ2n) is 5.31. The van der Waals surface area contributed by atoms with E-state index in [1.165, 1.54) is 0 Å². The van der Waals surface area contributed by atoms with Gasteiger partial charge in [-0.05, 0) is 41.8 Å².